The lowest BCUT2D eigenvalue weighted by atomic mass is 10.1. The molecule has 1 atom stereocenters. The molecule has 14 heavy (non-hydrogen) atoms. The Morgan fingerprint density at radius 2 is 2.64 bits per heavy atom. The van der Waals surface area contributed by atoms with Gasteiger partial charge in [0.2, 0.25) is 0 Å². The number of nitrogens with one attached hydrogen (secondary N) is 2. The van der Waals surface area contributed by atoms with Crippen molar-refractivity contribution >= 4 is 11.8 Å². The summed E-state index contributed by atoms with van der Waals surface area (Å²) in [6.45, 7) is 4.34. The number of aromatic amines is 1. The zero-order valence-electron chi connectivity index (χ0n) is 8.55. The van der Waals surface area contributed by atoms with Gasteiger partial charge in [-0.1, -0.05) is 0 Å². The quantitative estimate of drug-likeness (QED) is 0.797. The normalized spacial score (nSPS) is 26.9. The van der Waals surface area contributed by atoms with E-state index in [2.05, 4.69) is 34.0 Å². The van der Waals surface area contributed by atoms with Crippen LogP contribution in [-0.2, 0) is 6.54 Å². The van der Waals surface area contributed by atoms with Gasteiger partial charge in [-0.05, 0) is 25.5 Å². The van der Waals surface area contributed by atoms with Crippen LogP contribution in [0, 0.1) is 0 Å². The summed E-state index contributed by atoms with van der Waals surface area (Å²) >= 11 is 2.09. The molecule has 1 unspecified atom stereocenters. The van der Waals surface area contributed by atoms with Crippen LogP contribution in [0.15, 0.2) is 12.5 Å². The second-order valence-corrected chi connectivity index (χ2v) is 5.76. The predicted molar refractivity (Wildman–Crippen MR) is 60.4 cm³/mol. The Bertz CT molecular complexity index is 265. The van der Waals surface area contributed by atoms with Gasteiger partial charge in [0.05, 0.1) is 6.33 Å². The summed E-state index contributed by atoms with van der Waals surface area (Å²) in [6.07, 6.45) is 6.31. The fourth-order valence-electron chi connectivity index (χ4n) is 1.82. The maximum absolute atomic E-state index is 3.99. The van der Waals surface area contributed by atoms with E-state index in [1.54, 1.807) is 6.33 Å². The minimum absolute atomic E-state index is 0.458. The van der Waals surface area contributed by atoms with Crippen LogP contribution in [0.25, 0.3) is 0 Å². The summed E-state index contributed by atoms with van der Waals surface area (Å²) in [4.78, 5) is 7.08. The summed E-state index contributed by atoms with van der Waals surface area (Å²) in [5, 5.41) is 3.48. The molecule has 0 aliphatic carbocycles. The summed E-state index contributed by atoms with van der Waals surface area (Å²) in [5.74, 6) is 1.32. The van der Waals surface area contributed by atoms with Crippen LogP contribution < -0.4 is 5.32 Å². The van der Waals surface area contributed by atoms with Crippen molar-refractivity contribution in [2.75, 3.05) is 12.3 Å². The maximum atomic E-state index is 3.99. The van der Waals surface area contributed by atoms with E-state index in [0.29, 0.717) is 4.75 Å². The molecule has 2 rings (SSSR count). The first kappa shape index (κ1) is 10.1. The van der Waals surface area contributed by atoms with Gasteiger partial charge in [0.1, 0.15) is 0 Å². The molecule has 1 saturated heterocycles. The van der Waals surface area contributed by atoms with E-state index in [1.807, 2.05) is 6.20 Å². The highest BCUT2D eigenvalue weighted by Crippen LogP contribution is 2.36. The molecule has 1 aromatic rings. The lowest BCUT2D eigenvalue weighted by Crippen LogP contribution is -2.32. The van der Waals surface area contributed by atoms with Crippen molar-refractivity contribution in [2.45, 2.75) is 31.1 Å². The first-order valence-corrected chi connectivity index (χ1v) is 6.09. The van der Waals surface area contributed by atoms with Crippen molar-refractivity contribution < 1.29 is 0 Å². The SMILES string of the molecule is CC1(CNCc2cnc[nH]2)CCCS1. The van der Waals surface area contributed by atoms with Gasteiger partial charge < -0.3 is 10.3 Å². The van der Waals surface area contributed by atoms with E-state index in [0.717, 1.165) is 18.8 Å². The molecule has 3 nitrogen and oxygen atoms in total. The molecule has 1 aromatic heterocycles. The second kappa shape index (κ2) is 4.36. The Balaban J connectivity index is 1.72. The molecular weight excluding hydrogens is 194 g/mol. The van der Waals surface area contributed by atoms with Crippen molar-refractivity contribution in [2.24, 2.45) is 0 Å². The van der Waals surface area contributed by atoms with Crippen LogP contribution in [0.3, 0.4) is 0 Å². The Labute approximate surface area is 89.1 Å². The van der Waals surface area contributed by atoms with Crippen molar-refractivity contribution in [3.63, 3.8) is 0 Å². The number of thioether (sulfide) groups is 1. The van der Waals surface area contributed by atoms with Gasteiger partial charge in [0.25, 0.3) is 0 Å². The Hall–Kier alpha value is -0.480. The number of rotatable bonds is 4. The fourth-order valence-corrected chi connectivity index (χ4v) is 3.09. The third-order valence-electron chi connectivity index (χ3n) is 2.67. The third kappa shape index (κ3) is 2.51. The van der Waals surface area contributed by atoms with Gasteiger partial charge in [-0.3, -0.25) is 0 Å². The highest BCUT2D eigenvalue weighted by molar-refractivity contribution is 8.00. The van der Waals surface area contributed by atoms with Crippen LogP contribution in [0.2, 0.25) is 0 Å². The van der Waals surface area contributed by atoms with E-state index in [9.17, 15) is 0 Å². The molecule has 1 aliphatic heterocycles. The number of H-pyrrole nitrogens is 1. The topological polar surface area (TPSA) is 40.7 Å². The number of aromatic nitrogens is 2. The number of nitrogens with zero attached hydrogens (tertiary/aromatic N) is 1. The molecule has 1 fully saturated rings. The summed E-state index contributed by atoms with van der Waals surface area (Å²) in [7, 11) is 0. The molecule has 0 amide bonds. The van der Waals surface area contributed by atoms with Gasteiger partial charge in [-0.25, -0.2) is 4.98 Å². The van der Waals surface area contributed by atoms with Crippen molar-refractivity contribution in [3.05, 3.63) is 18.2 Å². The molecule has 4 heteroatoms. The first-order valence-electron chi connectivity index (χ1n) is 5.10. The Kier molecular flexibility index (Phi) is 3.13. The largest absolute Gasteiger partial charge is 0.347 e. The second-order valence-electron chi connectivity index (χ2n) is 4.08. The monoisotopic (exact) mass is 211 g/mol. The van der Waals surface area contributed by atoms with Crippen LogP contribution in [0.1, 0.15) is 25.5 Å². The van der Waals surface area contributed by atoms with Crippen LogP contribution >= 0.6 is 11.8 Å². The van der Waals surface area contributed by atoms with E-state index >= 15 is 0 Å². The van der Waals surface area contributed by atoms with Crippen molar-refractivity contribution in [1.29, 1.82) is 0 Å². The first-order chi connectivity index (χ1) is 6.79. The molecule has 78 valence electrons. The van der Waals surface area contributed by atoms with Gasteiger partial charge in [-0.2, -0.15) is 11.8 Å². The average molecular weight is 211 g/mol. The Morgan fingerprint density at radius 1 is 1.71 bits per heavy atom. The number of imidazole rings is 1. The number of hydrogen-bond donors (Lipinski definition) is 2. The lowest BCUT2D eigenvalue weighted by Gasteiger charge is -2.22. The van der Waals surface area contributed by atoms with Crippen molar-refractivity contribution in [1.82, 2.24) is 15.3 Å². The summed E-state index contributed by atoms with van der Waals surface area (Å²) < 4.78 is 0.458. The standard InChI is InChI=1S/C10H17N3S/c1-10(3-2-4-14-10)7-11-5-9-6-12-8-13-9/h6,8,11H,2-5,7H2,1H3,(H,12,13). The summed E-state index contributed by atoms with van der Waals surface area (Å²) in [5.41, 5.74) is 1.16. The van der Waals surface area contributed by atoms with Crippen LogP contribution in [0.4, 0.5) is 0 Å². The highest BCUT2D eigenvalue weighted by atomic mass is 32.2. The van der Waals surface area contributed by atoms with Gasteiger partial charge in [-0.15, -0.1) is 0 Å². The van der Waals surface area contributed by atoms with Crippen molar-refractivity contribution in [3.8, 4) is 0 Å². The number of hydrogen-bond acceptors (Lipinski definition) is 3. The van der Waals surface area contributed by atoms with Gasteiger partial charge in [0.15, 0.2) is 0 Å². The molecule has 1 aliphatic rings. The predicted octanol–water partition coefficient (Wildman–Crippen LogP) is 1.79. The van der Waals surface area contributed by atoms with Crippen LogP contribution in [0.5, 0.6) is 0 Å². The van der Waals surface area contributed by atoms with E-state index < -0.39 is 0 Å². The van der Waals surface area contributed by atoms with Gasteiger partial charge >= 0.3 is 0 Å². The zero-order valence-corrected chi connectivity index (χ0v) is 9.36. The highest BCUT2D eigenvalue weighted by Gasteiger charge is 2.28. The molecule has 0 radical (unpaired) electrons. The lowest BCUT2D eigenvalue weighted by molar-refractivity contribution is 0.534. The maximum Gasteiger partial charge on any atom is 0.0922 e. The molecule has 0 spiro atoms. The molecular formula is C10H17N3S. The average Bonchev–Trinajstić information content (AvgIpc) is 2.77. The minimum atomic E-state index is 0.458. The fraction of sp³-hybridized carbons (Fsp3) is 0.700. The van der Waals surface area contributed by atoms with Crippen LogP contribution in [-0.4, -0.2) is 27.0 Å². The smallest absolute Gasteiger partial charge is 0.0922 e. The zero-order chi connectivity index (χ0) is 9.86. The molecule has 2 N–H and O–H groups in total. The molecule has 0 bridgehead atoms. The van der Waals surface area contributed by atoms with E-state index in [1.165, 1.54) is 18.6 Å². The van der Waals surface area contributed by atoms with E-state index in [-0.39, 0.29) is 0 Å². The summed E-state index contributed by atoms with van der Waals surface area (Å²) in [6, 6.07) is 0. The minimum Gasteiger partial charge on any atom is -0.347 e. The molecule has 2 heterocycles. The van der Waals surface area contributed by atoms with Gasteiger partial charge in [0, 0.05) is 29.7 Å². The van der Waals surface area contributed by atoms with E-state index in [4.69, 9.17) is 0 Å². The Morgan fingerprint density at radius 3 is 3.29 bits per heavy atom. The third-order valence-corrected chi connectivity index (χ3v) is 4.21. The molecule has 0 saturated carbocycles. The molecule has 0 aromatic carbocycles.